The van der Waals surface area contributed by atoms with Gasteiger partial charge in [0.1, 0.15) is 0 Å². The predicted molar refractivity (Wildman–Crippen MR) is 130 cm³/mol. The Kier molecular flexibility index (Phi) is 11.8. The first-order chi connectivity index (χ1) is 15.0. The van der Waals surface area contributed by atoms with E-state index in [1.165, 1.54) is 12.4 Å². The Morgan fingerprint density at radius 2 is 1.94 bits per heavy atom. The Balaban J connectivity index is 0.000000720. The van der Waals surface area contributed by atoms with Gasteiger partial charge in [-0.25, -0.2) is 9.97 Å². The summed E-state index contributed by atoms with van der Waals surface area (Å²) in [5.74, 6) is 3.16. The van der Waals surface area contributed by atoms with E-state index >= 15 is 0 Å². The highest BCUT2D eigenvalue weighted by Crippen LogP contribution is 2.21. The van der Waals surface area contributed by atoms with Crippen molar-refractivity contribution < 1.29 is 4.79 Å². The number of allylic oxidation sites excluding steroid dienone is 9. The summed E-state index contributed by atoms with van der Waals surface area (Å²) >= 11 is 1.15. The number of anilines is 1. The number of carbonyl (C=O) groups excluding carboxylic acids is 1. The van der Waals surface area contributed by atoms with Crippen LogP contribution < -0.4 is 5.32 Å². The van der Waals surface area contributed by atoms with Gasteiger partial charge in [0.15, 0.2) is 11.6 Å². The van der Waals surface area contributed by atoms with Crippen molar-refractivity contribution >= 4 is 33.7 Å². The summed E-state index contributed by atoms with van der Waals surface area (Å²) in [5.41, 5.74) is 2.28. The lowest BCUT2D eigenvalue weighted by Gasteiger charge is -2.02. The number of nitrogens with one attached hydrogen (secondary N) is 1. The monoisotopic (exact) mass is 433 g/mol. The van der Waals surface area contributed by atoms with Gasteiger partial charge >= 0.3 is 0 Å². The van der Waals surface area contributed by atoms with E-state index < -0.39 is 0 Å². The van der Waals surface area contributed by atoms with Crippen molar-refractivity contribution in [2.45, 2.75) is 34.1 Å². The zero-order chi connectivity index (χ0) is 23.1. The molecule has 160 valence electrons. The number of rotatable bonds is 4. The molecule has 2 heterocycles. The smallest absolute Gasteiger partial charge is 0.260 e. The number of hydrogen-bond donors (Lipinski definition) is 1. The van der Waals surface area contributed by atoms with Crippen LogP contribution in [0.3, 0.4) is 0 Å². The minimum atomic E-state index is -0.306. The summed E-state index contributed by atoms with van der Waals surface area (Å²) in [4.78, 5) is 25.1. The van der Waals surface area contributed by atoms with Crippen LogP contribution in [-0.4, -0.2) is 25.2 Å². The molecule has 2 aromatic heterocycles. The summed E-state index contributed by atoms with van der Waals surface area (Å²) in [5, 5.41) is 3.19. The SMILES string of the molecule is C#CC.C/C=C(\C)c1ncc(C(=O)Nc2nc(C3=CCC=CC=C3)ns2)cn1.C=CC. The highest BCUT2D eigenvalue weighted by Gasteiger charge is 2.13. The minimum absolute atomic E-state index is 0.306. The van der Waals surface area contributed by atoms with Gasteiger partial charge in [0.2, 0.25) is 5.13 Å². The van der Waals surface area contributed by atoms with E-state index in [9.17, 15) is 4.79 Å². The molecule has 0 aromatic carbocycles. The van der Waals surface area contributed by atoms with Crippen LogP contribution in [0.5, 0.6) is 0 Å². The van der Waals surface area contributed by atoms with Crippen LogP contribution in [0.15, 0.2) is 61.5 Å². The molecule has 3 rings (SSSR count). The van der Waals surface area contributed by atoms with E-state index in [2.05, 4.69) is 49.6 Å². The number of nitrogens with zero attached hydrogens (tertiary/aromatic N) is 4. The lowest BCUT2D eigenvalue weighted by atomic mass is 10.2. The van der Waals surface area contributed by atoms with Gasteiger partial charge in [0.25, 0.3) is 5.91 Å². The van der Waals surface area contributed by atoms with Crippen molar-refractivity contribution in [2.75, 3.05) is 5.32 Å². The van der Waals surface area contributed by atoms with Crippen molar-refractivity contribution in [1.82, 2.24) is 19.3 Å². The molecule has 7 heteroatoms. The van der Waals surface area contributed by atoms with Gasteiger partial charge in [-0.05, 0) is 39.7 Å². The zero-order valence-electron chi connectivity index (χ0n) is 18.3. The maximum absolute atomic E-state index is 12.3. The summed E-state index contributed by atoms with van der Waals surface area (Å²) in [6.07, 6.45) is 22.1. The van der Waals surface area contributed by atoms with Gasteiger partial charge in [-0.15, -0.1) is 18.9 Å². The molecule has 0 bridgehead atoms. The van der Waals surface area contributed by atoms with E-state index in [0.29, 0.717) is 22.3 Å². The molecule has 0 radical (unpaired) electrons. The molecule has 1 N–H and O–H groups in total. The van der Waals surface area contributed by atoms with Crippen LogP contribution in [0.2, 0.25) is 0 Å². The lowest BCUT2D eigenvalue weighted by Crippen LogP contribution is -2.13. The fourth-order valence-corrected chi connectivity index (χ4v) is 2.67. The standard InChI is InChI=1S/C18H17N5OS.C3H6.C3H4/c1-3-12(2)15-19-10-14(11-20-15)17(24)22-18-21-16(23-25-18)13-8-6-4-5-7-9-13;2*1-3-2/h3-6,8-11H,7H2,1-2H3,(H,21,22,23,24);3H,1H2,2H3;1H,2H3/b12-3+;;. The fourth-order valence-electron chi connectivity index (χ4n) is 2.08. The normalized spacial score (nSPS) is 12.1. The molecule has 1 aliphatic rings. The van der Waals surface area contributed by atoms with Crippen molar-refractivity contribution in [3.8, 4) is 12.3 Å². The highest BCUT2D eigenvalue weighted by atomic mass is 32.1. The summed E-state index contributed by atoms with van der Waals surface area (Å²) in [7, 11) is 0. The van der Waals surface area contributed by atoms with Crippen molar-refractivity contribution in [3.63, 3.8) is 0 Å². The van der Waals surface area contributed by atoms with Crippen LogP contribution in [0, 0.1) is 12.3 Å². The molecule has 0 spiro atoms. The highest BCUT2D eigenvalue weighted by molar-refractivity contribution is 7.10. The zero-order valence-corrected chi connectivity index (χ0v) is 19.1. The summed E-state index contributed by atoms with van der Waals surface area (Å²) in [6.45, 7) is 10.7. The Morgan fingerprint density at radius 1 is 1.29 bits per heavy atom. The largest absolute Gasteiger partial charge is 0.296 e. The van der Waals surface area contributed by atoms with Gasteiger partial charge in [0, 0.05) is 29.5 Å². The van der Waals surface area contributed by atoms with Crippen LogP contribution in [0.4, 0.5) is 5.13 Å². The van der Waals surface area contributed by atoms with Crippen molar-refractivity contribution in [2.24, 2.45) is 0 Å². The molecule has 0 fully saturated rings. The molecule has 1 aliphatic carbocycles. The van der Waals surface area contributed by atoms with Crippen molar-refractivity contribution in [1.29, 1.82) is 0 Å². The number of terminal acetylenes is 1. The molecular formula is C24H27N5OS. The molecule has 0 aliphatic heterocycles. The van der Waals surface area contributed by atoms with E-state index in [0.717, 1.165) is 29.1 Å². The third kappa shape index (κ3) is 8.72. The molecule has 0 atom stereocenters. The first kappa shape index (κ1) is 25.4. The van der Waals surface area contributed by atoms with E-state index in [1.54, 1.807) is 13.0 Å². The van der Waals surface area contributed by atoms with Crippen LogP contribution in [0.25, 0.3) is 11.1 Å². The number of amides is 1. The van der Waals surface area contributed by atoms with Gasteiger partial charge in [-0.3, -0.25) is 10.1 Å². The predicted octanol–water partition coefficient (Wildman–Crippen LogP) is 5.73. The molecule has 0 unspecified atom stereocenters. The van der Waals surface area contributed by atoms with Crippen LogP contribution in [0.1, 0.15) is 56.1 Å². The lowest BCUT2D eigenvalue weighted by molar-refractivity contribution is 0.102. The topological polar surface area (TPSA) is 80.7 Å². The third-order valence-electron chi connectivity index (χ3n) is 3.60. The summed E-state index contributed by atoms with van der Waals surface area (Å²) < 4.78 is 4.31. The van der Waals surface area contributed by atoms with E-state index in [1.807, 2.05) is 51.2 Å². The molecule has 31 heavy (non-hydrogen) atoms. The Morgan fingerprint density at radius 3 is 2.55 bits per heavy atom. The molecule has 0 saturated carbocycles. The Labute approximate surface area is 188 Å². The molecule has 6 nitrogen and oxygen atoms in total. The fraction of sp³-hybridized carbons (Fsp3) is 0.208. The second-order valence-electron chi connectivity index (χ2n) is 6.02. The number of aromatic nitrogens is 4. The minimum Gasteiger partial charge on any atom is -0.296 e. The van der Waals surface area contributed by atoms with Crippen LogP contribution >= 0.6 is 11.5 Å². The van der Waals surface area contributed by atoms with Gasteiger partial charge in [0.05, 0.1) is 5.56 Å². The number of carbonyl (C=O) groups is 1. The average molecular weight is 434 g/mol. The maximum Gasteiger partial charge on any atom is 0.260 e. The van der Waals surface area contributed by atoms with Gasteiger partial charge in [-0.2, -0.15) is 9.36 Å². The average Bonchev–Trinajstić information content (AvgIpc) is 3.06. The molecule has 1 amide bonds. The second-order valence-corrected chi connectivity index (χ2v) is 6.78. The van der Waals surface area contributed by atoms with E-state index in [4.69, 9.17) is 0 Å². The Hall–Kier alpha value is -3.63. The molecule has 2 aromatic rings. The van der Waals surface area contributed by atoms with Crippen LogP contribution in [-0.2, 0) is 0 Å². The van der Waals surface area contributed by atoms with Crippen molar-refractivity contribution in [3.05, 3.63) is 78.7 Å². The van der Waals surface area contributed by atoms with Gasteiger partial charge < -0.3 is 0 Å². The molecule has 0 saturated heterocycles. The quantitative estimate of drug-likeness (QED) is 0.491. The van der Waals surface area contributed by atoms with Gasteiger partial charge in [-0.1, -0.05) is 42.5 Å². The second kappa shape index (κ2) is 14.4. The third-order valence-corrected chi connectivity index (χ3v) is 4.23. The first-order valence-electron chi connectivity index (χ1n) is 9.59. The number of hydrogen-bond acceptors (Lipinski definition) is 6. The van der Waals surface area contributed by atoms with E-state index in [-0.39, 0.29) is 5.91 Å². The maximum atomic E-state index is 12.3. The molecular weight excluding hydrogens is 406 g/mol. The summed E-state index contributed by atoms with van der Waals surface area (Å²) in [6, 6.07) is 0. The Bertz CT molecular complexity index is 1020. The first-order valence-corrected chi connectivity index (χ1v) is 10.4.